The summed E-state index contributed by atoms with van der Waals surface area (Å²) in [7, 11) is 1.64. The number of carbonyl (C=O) groups is 2. The van der Waals surface area contributed by atoms with Crippen LogP contribution < -0.4 is 4.74 Å². The molecule has 6 nitrogen and oxygen atoms in total. The van der Waals surface area contributed by atoms with Gasteiger partial charge in [-0.2, -0.15) is 5.10 Å². The third kappa shape index (κ3) is 5.00. The fourth-order valence-corrected chi connectivity index (χ4v) is 5.82. The first-order valence-corrected chi connectivity index (χ1v) is 12.9. The Morgan fingerprint density at radius 3 is 2.46 bits per heavy atom. The monoisotopic (exact) mass is 487 g/mol. The highest BCUT2D eigenvalue weighted by Gasteiger charge is 2.35. The standard InChI is InChI=1S/C28H29N3O3S/c1-34-22-13-11-21(12-14-22)25-19-23(20-7-3-2-4-8-20)29-31(25)28(33)16-15-27(32)30-17-5-9-24(30)26-10-6-18-35-26/h2-4,6-8,10-14,18,24-25H,5,9,15-17,19H2,1H3. The highest BCUT2D eigenvalue weighted by molar-refractivity contribution is 7.10. The van der Waals surface area contributed by atoms with Gasteiger partial charge < -0.3 is 9.64 Å². The van der Waals surface area contributed by atoms with Crippen LogP contribution >= 0.6 is 11.3 Å². The molecule has 0 aliphatic carbocycles. The predicted molar refractivity (Wildman–Crippen MR) is 137 cm³/mol. The molecule has 0 bridgehead atoms. The molecule has 2 unspecified atom stereocenters. The zero-order valence-electron chi connectivity index (χ0n) is 19.8. The fourth-order valence-electron chi connectivity index (χ4n) is 4.94. The third-order valence-electron chi connectivity index (χ3n) is 6.77. The summed E-state index contributed by atoms with van der Waals surface area (Å²) in [5.74, 6) is 0.684. The van der Waals surface area contributed by atoms with E-state index in [9.17, 15) is 9.59 Å². The Hall–Kier alpha value is -3.45. The van der Waals surface area contributed by atoms with Crippen LogP contribution in [0.1, 0.15) is 60.2 Å². The minimum atomic E-state index is -0.204. The first-order valence-electron chi connectivity index (χ1n) is 12.1. The molecule has 2 atom stereocenters. The van der Waals surface area contributed by atoms with Crippen molar-refractivity contribution in [2.24, 2.45) is 5.10 Å². The van der Waals surface area contributed by atoms with Crippen molar-refractivity contribution in [3.63, 3.8) is 0 Å². The Morgan fingerprint density at radius 1 is 0.971 bits per heavy atom. The number of benzene rings is 2. The lowest BCUT2D eigenvalue weighted by Crippen LogP contribution is -2.32. The predicted octanol–water partition coefficient (Wildman–Crippen LogP) is 5.58. The average molecular weight is 488 g/mol. The van der Waals surface area contributed by atoms with Crippen molar-refractivity contribution in [2.75, 3.05) is 13.7 Å². The van der Waals surface area contributed by atoms with Gasteiger partial charge in [-0.25, -0.2) is 5.01 Å². The van der Waals surface area contributed by atoms with Gasteiger partial charge in [-0.15, -0.1) is 11.3 Å². The van der Waals surface area contributed by atoms with Gasteiger partial charge in [0.15, 0.2) is 0 Å². The van der Waals surface area contributed by atoms with Gasteiger partial charge in [0.2, 0.25) is 11.8 Å². The van der Waals surface area contributed by atoms with Gasteiger partial charge in [0, 0.05) is 30.7 Å². The average Bonchev–Trinajstić information content (AvgIpc) is 3.68. The second kappa shape index (κ2) is 10.4. The summed E-state index contributed by atoms with van der Waals surface area (Å²) < 4.78 is 5.30. The zero-order valence-corrected chi connectivity index (χ0v) is 20.6. The lowest BCUT2D eigenvalue weighted by molar-refractivity contribution is -0.138. The molecule has 0 N–H and O–H groups in total. The molecular formula is C28H29N3O3S. The van der Waals surface area contributed by atoms with Crippen LogP contribution in [-0.4, -0.2) is 41.1 Å². The third-order valence-corrected chi connectivity index (χ3v) is 7.74. The van der Waals surface area contributed by atoms with Crippen molar-refractivity contribution in [3.05, 3.63) is 88.1 Å². The number of rotatable bonds is 7. The first-order chi connectivity index (χ1) is 17.1. The summed E-state index contributed by atoms with van der Waals surface area (Å²) in [4.78, 5) is 29.6. The quantitative estimate of drug-likeness (QED) is 0.437. The molecule has 180 valence electrons. The number of hydrazone groups is 1. The first kappa shape index (κ1) is 23.3. The number of methoxy groups -OCH3 is 1. The summed E-state index contributed by atoms with van der Waals surface area (Å²) in [5.41, 5.74) is 2.88. The number of hydrogen-bond donors (Lipinski definition) is 0. The van der Waals surface area contributed by atoms with Crippen LogP contribution in [0.3, 0.4) is 0 Å². The van der Waals surface area contributed by atoms with E-state index < -0.39 is 0 Å². The van der Waals surface area contributed by atoms with Gasteiger partial charge in [-0.1, -0.05) is 48.5 Å². The van der Waals surface area contributed by atoms with Crippen LogP contribution in [0.4, 0.5) is 0 Å². The number of amides is 2. The van der Waals surface area contributed by atoms with Crippen LogP contribution in [0.2, 0.25) is 0 Å². The summed E-state index contributed by atoms with van der Waals surface area (Å²) in [5, 5.41) is 8.37. The molecule has 7 heteroatoms. The molecular weight excluding hydrogens is 458 g/mol. The molecule has 35 heavy (non-hydrogen) atoms. The lowest BCUT2D eigenvalue weighted by Gasteiger charge is -2.25. The largest absolute Gasteiger partial charge is 0.497 e. The molecule has 0 radical (unpaired) electrons. The van der Waals surface area contributed by atoms with Crippen molar-refractivity contribution in [2.45, 2.75) is 44.2 Å². The Labute approximate surface area is 209 Å². The van der Waals surface area contributed by atoms with Crippen molar-refractivity contribution >= 4 is 28.9 Å². The van der Waals surface area contributed by atoms with Gasteiger partial charge in [0.25, 0.3) is 0 Å². The Balaban J connectivity index is 1.31. The number of hydrogen-bond acceptors (Lipinski definition) is 5. The smallest absolute Gasteiger partial charge is 0.243 e. The highest BCUT2D eigenvalue weighted by Crippen LogP contribution is 2.36. The molecule has 1 fully saturated rings. The molecule has 3 aromatic rings. The number of thiophene rings is 1. The maximum absolute atomic E-state index is 13.4. The van der Waals surface area contributed by atoms with Crippen LogP contribution in [0.5, 0.6) is 5.75 Å². The van der Waals surface area contributed by atoms with Crippen molar-refractivity contribution < 1.29 is 14.3 Å². The number of likely N-dealkylation sites (tertiary alicyclic amines) is 1. The lowest BCUT2D eigenvalue weighted by atomic mass is 9.98. The summed E-state index contributed by atoms with van der Waals surface area (Å²) in [6.45, 7) is 0.754. The normalized spacial score (nSPS) is 19.6. The molecule has 2 aliphatic heterocycles. The van der Waals surface area contributed by atoms with E-state index in [2.05, 4.69) is 11.4 Å². The van der Waals surface area contributed by atoms with E-state index in [1.165, 1.54) is 4.88 Å². The molecule has 0 spiro atoms. The molecule has 2 aliphatic rings. The topological polar surface area (TPSA) is 62.2 Å². The minimum absolute atomic E-state index is 0.0432. The van der Waals surface area contributed by atoms with E-state index in [0.717, 1.165) is 42.0 Å². The number of carbonyl (C=O) groups excluding carboxylic acids is 2. The van der Waals surface area contributed by atoms with Gasteiger partial charge in [0.05, 0.1) is 24.9 Å². The second-order valence-electron chi connectivity index (χ2n) is 8.90. The minimum Gasteiger partial charge on any atom is -0.497 e. The summed E-state index contributed by atoms with van der Waals surface area (Å²) in [6.07, 6.45) is 2.95. The van der Waals surface area contributed by atoms with E-state index >= 15 is 0 Å². The molecule has 2 aromatic carbocycles. The summed E-state index contributed by atoms with van der Waals surface area (Å²) in [6, 6.07) is 21.8. The second-order valence-corrected chi connectivity index (χ2v) is 9.88. The van der Waals surface area contributed by atoms with Crippen LogP contribution in [0.25, 0.3) is 0 Å². The SMILES string of the molecule is COc1ccc(C2CC(c3ccccc3)=NN2C(=O)CCC(=O)N2CCCC2c2cccs2)cc1. The van der Waals surface area contributed by atoms with Crippen LogP contribution in [0.15, 0.2) is 77.2 Å². The summed E-state index contributed by atoms with van der Waals surface area (Å²) >= 11 is 1.69. The molecule has 2 amide bonds. The Morgan fingerprint density at radius 2 is 1.74 bits per heavy atom. The highest BCUT2D eigenvalue weighted by atomic mass is 32.1. The van der Waals surface area contributed by atoms with E-state index in [4.69, 9.17) is 9.84 Å². The molecule has 0 saturated carbocycles. The van der Waals surface area contributed by atoms with E-state index in [-0.39, 0.29) is 36.7 Å². The Bertz CT molecular complexity index is 1190. The van der Waals surface area contributed by atoms with Crippen LogP contribution in [-0.2, 0) is 9.59 Å². The number of nitrogens with zero attached hydrogens (tertiary/aromatic N) is 3. The van der Waals surface area contributed by atoms with Crippen molar-refractivity contribution in [1.82, 2.24) is 9.91 Å². The Kier molecular flexibility index (Phi) is 6.95. The maximum Gasteiger partial charge on any atom is 0.243 e. The molecule has 3 heterocycles. The molecule has 5 rings (SSSR count). The fraction of sp³-hybridized carbons (Fsp3) is 0.321. The van der Waals surface area contributed by atoms with Gasteiger partial charge >= 0.3 is 0 Å². The number of ether oxygens (including phenoxy) is 1. The van der Waals surface area contributed by atoms with E-state index in [1.807, 2.05) is 65.6 Å². The van der Waals surface area contributed by atoms with Crippen molar-refractivity contribution in [1.29, 1.82) is 0 Å². The van der Waals surface area contributed by atoms with Crippen LogP contribution in [0, 0.1) is 0 Å². The maximum atomic E-state index is 13.4. The van der Waals surface area contributed by atoms with E-state index in [0.29, 0.717) is 6.42 Å². The van der Waals surface area contributed by atoms with Crippen molar-refractivity contribution in [3.8, 4) is 5.75 Å². The van der Waals surface area contributed by atoms with Gasteiger partial charge in [-0.3, -0.25) is 9.59 Å². The van der Waals surface area contributed by atoms with E-state index in [1.54, 1.807) is 23.5 Å². The van der Waals surface area contributed by atoms with Gasteiger partial charge in [-0.05, 0) is 47.5 Å². The van der Waals surface area contributed by atoms with Gasteiger partial charge in [0.1, 0.15) is 5.75 Å². The molecule has 1 aromatic heterocycles. The zero-order chi connectivity index (χ0) is 24.2. The molecule has 1 saturated heterocycles.